The number of likely N-dealkylation sites (tertiary alicyclic amines) is 2. The van der Waals surface area contributed by atoms with Gasteiger partial charge in [0, 0.05) is 26.2 Å². The van der Waals surface area contributed by atoms with Crippen molar-refractivity contribution in [3.63, 3.8) is 0 Å². The molecule has 2 heterocycles. The van der Waals surface area contributed by atoms with Gasteiger partial charge in [-0.15, -0.1) is 0 Å². The van der Waals surface area contributed by atoms with Crippen LogP contribution < -0.4 is 0 Å². The van der Waals surface area contributed by atoms with Crippen molar-refractivity contribution in [1.29, 1.82) is 0 Å². The highest BCUT2D eigenvalue weighted by Crippen LogP contribution is 2.40. The van der Waals surface area contributed by atoms with E-state index in [9.17, 15) is 32.7 Å². The Balaban J connectivity index is 2.01. The van der Waals surface area contributed by atoms with Crippen LogP contribution in [-0.2, 0) is 14.3 Å². The maximum Gasteiger partial charge on any atom is 0.410 e. The minimum absolute atomic E-state index is 0.0104. The van der Waals surface area contributed by atoms with Crippen molar-refractivity contribution in [3.05, 3.63) is 0 Å². The average Bonchev–Trinajstić information content (AvgIpc) is 2.41. The van der Waals surface area contributed by atoms with Crippen molar-refractivity contribution in [2.75, 3.05) is 26.2 Å². The molecule has 2 rings (SSSR count). The third-order valence-corrected chi connectivity index (χ3v) is 4.72. The quantitative estimate of drug-likeness (QED) is 0.742. The Morgan fingerprint density at radius 3 is 1.92 bits per heavy atom. The van der Waals surface area contributed by atoms with Gasteiger partial charge in [-0.05, 0) is 33.6 Å². The van der Waals surface area contributed by atoms with Gasteiger partial charge in [0.05, 0.1) is 5.92 Å². The highest BCUT2D eigenvalue weighted by atomic mass is 19.4. The summed E-state index contributed by atoms with van der Waals surface area (Å²) in [6, 6.07) is 0. The molecule has 0 saturated carbocycles. The molecule has 0 unspecified atom stereocenters. The normalized spacial score (nSPS) is 21.2. The number of carboxylic acid groups (broad SMARTS) is 1. The Kier molecular flexibility index (Phi) is 5.17. The summed E-state index contributed by atoms with van der Waals surface area (Å²) in [7, 11) is 0. The zero-order valence-electron chi connectivity index (χ0n) is 14.9. The summed E-state index contributed by atoms with van der Waals surface area (Å²) >= 11 is 0. The number of hydrogen-bond acceptors (Lipinski definition) is 4. The van der Waals surface area contributed by atoms with Crippen LogP contribution in [0, 0.1) is 11.3 Å². The first kappa shape index (κ1) is 20.3. The lowest BCUT2D eigenvalue weighted by Crippen LogP contribution is -2.62. The summed E-state index contributed by atoms with van der Waals surface area (Å²) in [5.41, 5.74) is -2.51. The number of carbonyl (C=O) groups is 3. The molecule has 2 aliphatic rings. The predicted molar refractivity (Wildman–Crippen MR) is 83.2 cm³/mol. The van der Waals surface area contributed by atoms with E-state index in [4.69, 9.17) is 4.74 Å². The monoisotopic (exact) mass is 380 g/mol. The summed E-state index contributed by atoms with van der Waals surface area (Å²) in [4.78, 5) is 38.6. The molecule has 0 aromatic heterocycles. The molecule has 0 aromatic carbocycles. The van der Waals surface area contributed by atoms with Crippen LogP contribution in [0.4, 0.5) is 18.0 Å². The van der Waals surface area contributed by atoms with Gasteiger partial charge >= 0.3 is 18.2 Å². The Hall–Kier alpha value is -2.00. The van der Waals surface area contributed by atoms with Crippen molar-refractivity contribution in [2.45, 2.75) is 45.4 Å². The number of alkyl halides is 3. The van der Waals surface area contributed by atoms with Crippen LogP contribution in [0.15, 0.2) is 0 Å². The average molecular weight is 380 g/mol. The van der Waals surface area contributed by atoms with Crippen LogP contribution in [-0.4, -0.2) is 70.8 Å². The maximum atomic E-state index is 12.6. The first-order valence-electron chi connectivity index (χ1n) is 8.34. The van der Waals surface area contributed by atoms with Gasteiger partial charge in [-0.3, -0.25) is 9.59 Å². The Labute approximate surface area is 149 Å². The molecule has 2 fully saturated rings. The van der Waals surface area contributed by atoms with Crippen molar-refractivity contribution < 1.29 is 37.4 Å². The summed E-state index contributed by atoms with van der Waals surface area (Å²) in [5.74, 6) is -3.80. The Morgan fingerprint density at radius 2 is 1.54 bits per heavy atom. The zero-order chi connectivity index (χ0) is 19.9. The molecule has 26 heavy (non-hydrogen) atoms. The lowest BCUT2D eigenvalue weighted by Gasteiger charge is -2.46. The number of nitrogens with zero attached hydrogens (tertiary/aromatic N) is 2. The lowest BCUT2D eigenvalue weighted by atomic mass is 9.76. The van der Waals surface area contributed by atoms with Gasteiger partial charge in [-0.1, -0.05) is 0 Å². The molecule has 0 aliphatic carbocycles. The topological polar surface area (TPSA) is 87.1 Å². The van der Waals surface area contributed by atoms with Crippen LogP contribution >= 0.6 is 0 Å². The molecule has 2 saturated heterocycles. The summed E-state index contributed by atoms with van der Waals surface area (Å²) < 4.78 is 43.0. The van der Waals surface area contributed by atoms with Gasteiger partial charge in [-0.25, -0.2) is 4.79 Å². The van der Waals surface area contributed by atoms with Gasteiger partial charge in [0.25, 0.3) is 0 Å². The van der Waals surface area contributed by atoms with Crippen LogP contribution in [0.1, 0.15) is 33.6 Å². The molecule has 1 N–H and O–H groups in total. The van der Waals surface area contributed by atoms with Crippen LogP contribution in [0.25, 0.3) is 0 Å². The fraction of sp³-hybridized carbons (Fsp3) is 0.812. The van der Waals surface area contributed by atoms with Crippen molar-refractivity contribution in [1.82, 2.24) is 9.80 Å². The molecule has 0 atom stereocenters. The molecule has 2 amide bonds. The number of aliphatic carboxylic acids is 1. The summed E-state index contributed by atoms with van der Waals surface area (Å²) in [5, 5.41) is 9.56. The SMILES string of the molecule is CC(C)(C)OC(=O)N1CCC(C(=O)O)(C(=O)N2CC(C(F)(F)F)C2)CC1. The molecule has 0 bridgehead atoms. The molecule has 148 valence electrons. The Morgan fingerprint density at radius 1 is 1.04 bits per heavy atom. The van der Waals surface area contributed by atoms with Gasteiger partial charge in [0.1, 0.15) is 11.0 Å². The van der Waals surface area contributed by atoms with Gasteiger partial charge in [-0.2, -0.15) is 13.2 Å². The second kappa shape index (κ2) is 6.62. The minimum Gasteiger partial charge on any atom is -0.480 e. The highest BCUT2D eigenvalue weighted by Gasteiger charge is 2.56. The number of rotatable bonds is 2. The molecular weight excluding hydrogens is 357 g/mol. The standard InChI is InChI=1S/C16H23F3N2O5/c1-14(2,3)26-13(25)20-6-4-15(5-7-20,12(23)24)11(22)21-8-10(9-21)16(17,18)19/h10H,4-9H2,1-3H3,(H,23,24). The van der Waals surface area contributed by atoms with E-state index in [1.165, 1.54) is 4.90 Å². The number of hydrogen-bond donors (Lipinski definition) is 1. The van der Waals surface area contributed by atoms with E-state index in [1.807, 2.05) is 0 Å². The third kappa shape index (κ3) is 4.04. The predicted octanol–water partition coefficient (Wildman–Crippen LogP) is 2.11. The summed E-state index contributed by atoms with van der Waals surface area (Å²) in [6.07, 6.45) is -5.32. The van der Waals surface area contributed by atoms with E-state index >= 15 is 0 Å². The third-order valence-electron chi connectivity index (χ3n) is 4.72. The molecule has 0 aromatic rings. The number of halogens is 3. The van der Waals surface area contributed by atoms with E-state index in [1.54, 1.807) is 20.8 Å². The van der Waals surface area contributed by atoms with E-state index in [-0.39, 0.29) is 25.9 Å². The first-order chi connectivity index (χ1) is 11.8. The zero-order valence-corrected chi connectivity index (χ0v) is 14.9. The number of carbonyl (C=O) groups excluding carboxylic acids is 2. The van der Waals surface area contributed by atoms with Crippen LogP contribution in [0.2, 0.25) is 0 Å². The highest BCUT2D eigenvalue weighted by molar-refractivity contribution is 6.02. The van der Waals surface area contributed by atoms with E-state index in [0.717, 1.165) is 4.90 Å². The second-order valence-corrected chi connectivity index (χ2v) is 7.80. The molecular formula is C16H23F3N2O5. The fourth-order valence-electron chi connectivity index (χ4n) is 3.07. The van der Waals surface area contributed by atoms with Crippen molar-refractivity contribution in [3.8, 4) is 0 Å². The second-order valence-electron chi connectivity index (χ2n) is 7.80. The smallest absolute Gasteiger partial charge is 0.410 e. The number of amides is 2. The molecule has 7 nitrogen and oxygen atoms in total. The largest absolute Gasteiger partial charge is 0.480 e. The van der Waals surface area contributed by atoms with Gasteiger partial charge in [0.2, 0.25) is 5.91 Å². The van der Waals surface area contributed by atoms with E-state index < -0.39 is 54.2 Å². The molecule has 10 heteroatoms. The number of piperidine rings is 1. The fourth-order valence-corrected chi connectivity index (χ4v) is 3.07. The van der Waals surface area contributed by atoms with Gasteiger partial charge in [0.15, 0.2) is 0 Å². The van der Waals surface area contributed by atoms with Gasteiger partial charge < -0.3 is 19.6 Å². The molecule has 0 radical (unpaired) electrons. The number of carboxylic acids is 1. The summed E-state index contributed by atoms with van der Waals surface area (Å²) in [6.45, 7) is 4.02. The molecule has 2 aliphatic heterocycles. The van der Waals surface area contributed by atoms with Crippen LogP contribution in [0.3, 0.4) is 0 Å². The minimum atomic E-state index is -4.40. The Bertz CT molecular complexity index is 586. The number of ether oxygens (including phenoxy) is 1. The van der Waals surface area contributed by atoms with Crippen LogP contribution in [0.5, 0.6) is 0 Å². The molecule has 0 spiro atoms. The first-order valence-corrected chi connectivity index (χ1v) is 8.34. The maximum absolute atomic E-state index is 12.6. The van der Waals surface area contributed by atoms with Crippen molar-refractivity contribution in [2.24, 2.45) is 11.3 Å². The van der Waals surface area contributed by atoms with E-state index in [0.29, 0.717) is 0 Å². The van der Waals surface area contributed by atoms with E-state index in [2.05, 4.69) is 0 Å². The van der Waals surface area contributed by atoms with Crippen molar-refractivity contribution >= 4 is 18.0 Å². The lowest BCUT2D eigenvalue weighted by molar-refractivity contribution is -0.213.